The first kappa shape index (κ1) is 21.4. The van der Waals surface area contributed by atoms with Gasteiger partial charge in [-0.15, -0.1) is 0 Å². The molecule has 1 saturated heterocycles. The van der Waals surface area contributed by atoms with Gasteiger partial charge in [0.25, 0.3) is 0 Å². The topological polar surface area (TPSA) is 59.0 Å². The largest absolute Gasteiger partial charge is 0.497 e. The van der Waals surface area contributed by atoms with Crippen LogP contribution in [0.25, 0.3) is 6.08 Å². The van der Waals surface area contributed by atoms with E-state index in [1.807, 2.05) is 59.5 Å². The lowest BCUT2D eigenvalue weighted by Gasteiger charge is -2.52. The van der Waals surface area contributed by atoms with Crippen LogP contribution in [0.15, 0.2) is 54.6 Å². The maximum Gasteiger partial charge on any atom is 0.247 e. The van der Waals surface area contributed by atoms with Crippen molar-refractivity contribution >= 4 is 12.0 Å². The van der Waals surface area contributed by atoms with Crippen LogP contribution in [0.5, 0.6) is 11.5 Å². The summed E-state index contributed by atoms with van der Waals surface area (Å²) >= 11 is 0. The fraction of sp³-hybridized carbons (Fsp3) is 0.423. The second-order valence-electron chi connectivity index (χ2n) is 8.53. The van der Waals surface area contributed by atoms with E-state index >= 15 is 0 Å². The van der Waals surface area contributed by atoms with Gasteiger partial charge in [0.15, 0.2) is 0 Å². The Morgan fingerprint density at radius 3 is 2.58 bits per heavy atom. The number of hydrogen-bond donors (Lipinski definition) is 1. The molecule has 3 unspecified atom stereocenters. The fourth-order valence-corrected chi connectivity index (χ4v) is 5.20. The molecule has 1 amide bonds. The predicted octanol–water partition coefficient (Wildman–Crippen LogP) is 4.61. The molecule has 2 fully saturated rings. The van der Waals surface area contributed by atoms with Crippen LogP contribution in [-0.4, -0.2) is 42.3 Å². The highest BCUT2D eigenvalue weighted by Gasteiger charge is 2.50. The molecule has 0 aromatic heterocycles. The van der Waals surface area contributed by atoms with Crippen molar-refractivity contribution in [1.82, 2.24) is 4.90 Å². The van der Waals surface area contributed by atoms with E-state index in [0.29, 0.717) is 13.0 Å². The average molecular weight is 422 g/mol. The van der Waals surface area contributed by atoms with Crippen LogP contribution >= 0.6 is 0 Å². The first-order valence-corrected chi connectivity index (χ1v) is 11.0. The van der Waals surface area contributed by atoms with Gasteiger partial charge in [-0.05, 0) is 49.1 Å². The smallest absolute Gasteiger partial charge is 0.247 e. The Morgan fingerprint density at radius 2 is 1.84 bits per heavy atom. The molecule has 1 aliphatic heterocycles. The number of likely N-dealkylation sites (tertiary alicyclic amines) is 1. The molecule has 2 aliphatic rings. The maximum atomic E-state index is 13.3. The normalized spacial score (nSPS) is 25.8. The molecule has 2 aromatic rings. The Kier molecular flexibility index (Phi) is 6.33. The zero-order chi connectivity index (χ0) is 21.8. The number of para-hydroxylation sites is 1. The van der Waals surface area contributed by atoms with Crippen molar-refractivity contribution in [3.8, 4) is 11.5 Å². The van der Waals surface area contributed by atoms with E-state index in [4.69, 9.17) is 9.47 Å². The molecule has 0 radical (unpaired) electrons. The molecular weight excluding hydrogens is 390 g/mol. The van der Waals surface area contributed by atoms with Crippen molar-refractivity contribution in [3.05, 3.63) is 65.7 Å². The van der Waals surface area contributed by atoms with E-state index in [1.165, 1.54) is 0 Å². The number of carbonyl (C=O) groups is 1. The molecule has 5 nitrogen and oxygen atoms in total. The third-order valence-electron chi connectivity index (χ3n) is 6.84. The standard InChI is InChI=1S/C26H31NO4/c1-30-20-13-10-19(11-14-20)12-15-24(28)27-18-17-26(29)16-6-5-8-22(26)25(27)21-7-3-4-9-23(21)31-2/h3-4,7,9-15,22,25,29H,5-6,8,16-18H2,1-2H3/b15-12+. The second kappa shape index (κ2) is 9.15. The lowest BCUT2D eigenvalue weighted by molar-refractivity contribution is -0.151. The number of methoxy groups -OCH3 is 2. The van der Waals surface area contributed by atoms with Crippen molar-refractivity contribution in [2.24, 2.45) is 5.92 Å². The number of piperidine rings is 1. The number of benzene rings is 2. The molecular formula is C26H31NO4. The summed E-state index contributed by atoms with van der Waals surface area (Å²) in [5, 5.41) is 11.4. The SMILES string of the molecule is COc1ccc(/C=C/C(=O)N2CCC3(O)CCCCC3C2c2ccccc2OC)cc1. The van der Waals surface area contributed by atoms with Gasteiger partial charge in [-0.25, -0.2) is 0 Å². The third-order valence-corrected chi connectivity index (χ3v) is 6.84. The third kappa shape index (κ3) is 4.33. The van der Waals surface area contributed by atoms with Crippen molar-refractivity contribution in [1.29, 1.82) is 0 Å². The summed E-state index contributed by atoms with van der Waals surface area (Å²) < 4.78 is 10.8. The minimum atomic E-state index is -0.722. The van der Waals surface area contributed by atoms with Gasteiger partial charge >= 0.3 is 0 Å². The lowest BCUT2D eigenvalue weighted by atomic mass is 9.66. The summed E-state index contributed by atoms with van der Waals surface area (Å²) in [6, 6.07) is 15.3. The Balaban J connectivity index is 1.65. The highest BCUT2D eigenvalue weighted by atomic mass is 16.5. The van der Waals surface area contributed by atoms with Crippen LogP contribution in [0, 0.1) is 5.92 Å². The summed E-state index contributed by atoms with van der Waals surface area (Å²) in [6.45, 7) is 0.529. The lowest BCUT2D eigenvalue weighted by Crippen LogP contribution is -2.56. The number of hydrogen-bond acceptors (Lipinski definition) is 4. The Labute approximate surface area is 184 Å². The maximum absolute atomic E-state index is 13.3. The molecule has 1 N–H and O–H groups in total. The van der Waals surface area contributed by atoms with E-state index in [2.05, 4.69) is 0 Å². The van der Waals surface area contributed by atoms with Gasteiger partial charge in [0.2, 0.25) is 5.91 Å². The zero-order valence-corrected chi connectivity index (χ0v) is 18.3. The molecule has 5 heteroatoms. The van der Waals surface area contributed by atoms with Crippen molar-refractivity contribution < 1.29 is 19.4 Å². The first-order valence-electron chi connectivity index (χ1n) is 11.0. The first-order chi connectivity index (χ1) is 15.1. The van der Waals surface area contributed by atoms with Crippen LogP contribution in [0.2, 0.25) is 0 Å². The van der Waals surface area contributed by atoms with E-state index < -0.39 is 5.60 Å². The monoisotopic (exact) mass is 421 g/mol. The second-order valence-corrected chi connectivity index (χ2v) is 8.53. The predicted molar refractivity (Wildman–Crippen MR) is 121 cm³/mol. The molecule has 0 bridgehead atoms. The summed E-state index contributed by atoms with van der Waals surface area (Å²) in [7, 11) is 3.29. The van der Waals surface area contributed by atoms with Crippen LogP contribution in [-0.2, 0) is 4.79 Å². The van der Waals surface area contributed by atoms with Crippen LogP contribution in [0.3, 0.4) is 0 Å². The number of amides is 1. The van der Waals surface area contributed by atoms with Gasteiger partial charge < -0.3 is 19.5 Å². The van der Waals surface area contributed by atoms with E-state index in [9.17, 15) is 9.90 Å². The van der Waals surface area contributed by atoms with Gasteiger partial charge in [-0.1, -0.05) is 43.2 Å². The summed E-state index contributed by atoms with van der Waals surface area (Å²) in [6.07, 6.45) is 7.91. The molecule has 164 valence electrons. The van der Waals surface area contributed by atoms with Gasteiger partial charge in [-0.2, -0.15) is 0 Å². The minimum Gasteiger partial charge on any atom is -0.497 e. The van der Waals surface area contributed by atoms with Crippen molar-refractivity contribution in [2.75, 3.05) is 20.8 Å². The van der Waals surface area contributed by atoms with E-state index in [-0.39, 0.29) is 17.9 Å². The van der Waals surface area contributed by atoms with Gasteiger partial charge in [0.05, 0.1) is 25.9 Å². The average Bonchev–Trinajstić information content (AvgIpc) is 2.81. The molecule has 3 atom stereocenters. The molecule has 1 aliphatic carbocycles. The number of carbonyl (C=O) groups excluding carboxylic acids is 1. The van der Waals surface area contributed by atoms with Crippen LogP contribution in [0.4, 0.5) is 0 Å². The summed E-state index contributed by atoms with van der Waals surface area (Å²) in [4.78, 5) is 15.3. The zero-order valence-electron chi connectivity index (χ0n) is 18.3. The highest BCUT2D eigenvalue weighted by Crippen LogP contribution is 2.50. The number of nitrogens with zero attached hydrogens (tertiary/aromatic N) is 1. The number of aliphatic hydroxyl groups is 1. The van der Waals surface area contributed by atoms with E-state index in [1.54, 1.807) is 20.3 Å². The number of rotatable bonds is 5. The minimum absolute atomic E-state index is 0.00429. The van der Waals surface area contributed by atoms with Crippen LogP contribution in [0.1, 0.15) is 49.3 Å². The van der Waals surface area contributed by atoms with Crippen LogP contribution < -0.4 is 9.47 Å². The molecule has 0 spiro atoms. The summed E-state index contributed by atoms with van der Waals surface area (Å²) in [5.41, 5.74) is 1.19. The molecule has 4 rings (SSSR count). The van der Waals surface area contributed by atoms with Crippen molar-refractivity contribution in [3.63, 3.8) is 0 Å². The Hall–Kier alpha value is -2.79. The van der Waals surface area contributed by atoms with Gasteiger partial charge in [0, 0.05) is 24.1 Å². The highest BCUT2D eigenvalue weighted by molar-refractivity contribution is 5.92. The Morgan fingerprint density at radius 1 is 1.06 bits per heavy atom. The molecule has 1 saturated carbocycles. The molecule has 1 heterocycles. The van der Waals surface area contributed by atoms with Crippen molar-refractivity contribution in [2.45, 2.75) is 43.7 Å². The molecule has 31 heavy (non-hydrogen) atoms. The van der Waals surface area contributed by atoms with E-state index in [0.717, 1.165) is 48.3 Å². The fourth-order valence-electron chi connectivity index (χ4n) is 5.20. The van der Waals surface area contributed by atoms with Gasteiger partial charge in [0.1, 0.15) is 11.5 Å². The number of fused-ring (bicyclic) bond motifs is 1. The van der Waals surface area contributed by atoms with Gasteiger partial charge in [-0.3, -0.25) is 4.79 Å². The molecule has 2 aromatic carbocycles. The quantitative estimate of drug-likeness (QED) is 0.716. The Bertz CT molecular complexity index is 939. The summed E-state index contributed by atoms with van der Waals surface area (Å²) in [5.74, 6) is 1.51. The number of ether oxygens (including phenoxy) is 2.